The molecule has 10 heteroatoms. The van der Waals surface area contributed by atoms with Crippen LogP contribution in [0.25, 0.3) is 11.0 Å². The van der Waals surface area contributed by atoms with Crippen LogP contribution in [0.3, 0.4) is 0 Å². The van der Waals surface area contributed by atoms with Gasteiger partial charge in [-0.05, 0) is 12.1 Å². The number of rotatable bonds is 5. The molecule has 3 aromatic rings. The summed E-state index contributed by atoms with van der Waals surface area (Å²) in [7, 11) is 0. The van der Waals surface area contributed by atoms with Crippen molar-refractivity contribution in [3.8, 4) is 0 Å². The minimum Gasteiger partial charge on any atom is -0.353 e. The summed E-state index contributed by atoms with van der Waals surface area (Å²) in [5, 5.41) is 6.75. The molecule has 3 aromatic heterocycles. The van der Waals surface area contributed by atoms with Crippen LogP contribution in [-0.4, -0.2) is 41.8 Å². The molecule has 0 aromatic carbocycles. The van der Waals surface area contributed by atoms with Crippen LogP contribution in [0.1, 0.15) is 0 Å². The number of amides is 1. The van der Waals surface area contributed by atoms with E-state index in [1.165, 1.54) is 23.5 Å². The van der Waals surface area contributed by atoms with Gasteiger partial charge in [0.05, 0.1) is 5.39 Å². The normalized spacial score (nSPS) is 10.8. The van der Waals surface area contributed by atoms with E-state index < -0.39 is 11.2 Å². The number of aromatic nitrogens is 6. The third-order valence-electron chi connectivity index (χ3n) is 3.18. The number of carbonyl (C=O) groups is 1. The first-order valence-electron chi connectivity index (χ1n) is 6.82. The lowest BCUT2D eigenvalue weighted by atomic mass is 10.3. The molecule has 0 aliphatic carbocycles. The zero-order valence-corrected chi connectivity index (χ0v) is 12.0. The van der Waals surface area contributed by atoms with E-state index in [0.29, 0.717) is 5.39 Å². The molecule has 0 spiro atoms. The maximum absolute atomic E-state index is 12.2. The van der Waals surface area contributed by atoms with Gasteiger partial charge in [0.2, 0.25) is 5.91 Å². The monoisotopic (exact) mass is 315 g/mol. The standard InChI is InChI=1S/C13H13N7O3/c21-10(6-19-8-14-7-17-19)15-4-5-20-12(22)9-2-1-3-16-11(9)18-13(20)23/h1-3,7-8H,4-6H2,(H,15,21)(H,16,18,23). The van der Waals surface area contributed by atoms with Crippen molar-refractivity contribution in [2.24, 2.45) is 0 Å². The van der Waals surface area contributed by atoms with Crippen molar-refractivity contribution in [2.75, 3.05) is 6.54 Å². The molecular formula is C13H13N7O3. The molecule has 0 unspecified atom stereocenters. The Balaban J connectivity index is 1.69. The number of hydrogen-bond acceptors (Lipinski definition) is 6. The Labute approximate surface area is 128 Å². The van der Waals surface area contributed by atoms with Crippen molar-refractivity contribution in [3.63, 3.8) is 0 Å². The molecule has 0 bridgehead atoms. The van der Waals surface area contributed by atoms with E-state index in [1.54, 1.807) is 12.1 Å². The smallest absolute Gasteiger partial charge is 0.330 e. The first kappa shape index (κ1) is 14.6. The van der Waals surface area contributed by atoms with Gasteiger partial charge in [0.1, 0.15) is 24.8 Å². The van der Waals surface area contributed by atoms with E-state index in [2.05, 4.69) is 25.4 Å². The Morgan fingerprint density at radius 3 is 3.00 bits per heavy atom. The molecule has 0 radical (unpaired) electrons. The number of H-pyrrole nitrogens is 1. The quantitative estimate of drug-likeness (QED) is 0.589. The van der Waals surface area contributed by atoms with Gasteiger partial charge in [0, 0.05) is 19.3 Å². The number of carbonyl (C=O) groups excluding carboxylic acids is 1. The highest BCUT2D eigenvalue weighted by molar-refractivity contribution is 5.75. The summed E-state index contributed by atoms with van der Waals surface area (Å²) in [5.41, 5.74) is -0.761. The van der Waals surface area contributed by atoms with E-state index in [1.807, 2.05) is 0 Å². The topological polar surface area (TPSA) is 128 Å². The molecule has 0 fully saturated rings. The minimum atomic E-state index is -0.563. The lowest BCUT2D eigenvalue weighted by Gasteiger charge is -2.07. The van der Waals surface area contributed by atoms with Crippen LogP contribution in [-0.2, 0) is 17.9 Å². The van der Waals surface area contributed by atoms with Crippen molar-refractivity contribution in [1.29, 1.82) is 0 Å². The second-order valence-electron chi connectivity index (χ2n) is 4.73. The number of fused-ring (bicyclic) bond motifs is 1. The average molecular weight is 315 g/mol. The molecule has 0 saturated heterocycles. The molecule has 0 saturated carbocycles. The van der Waals surface area contributed by atoms with E-state index in [-0.39, 0.29) is 31.2 Å². The fraction of sp³-hybridized carbons (Fsp3) is 0.231. The predicted octanol–water partition coefficient (Wildman–Crippen LogP) is -1.51. The van der Waals surface area contributed by atoms with Gasteiger partial charge in [-0.1, -0.05) is 0 Å². The predicted molar refractivity (Wildman–Crippen MR) is 79.7 cm³/mol. The van der Waals surface area contributed by atoms with E-state index in [4.69, 9.17) is 0 Å². The maximum atomic E-state index is 12.2. The van der Waals surface area contributed by atoms with Crippen LogP contribution in [0.15, 0.2) is 40.6 Å². The van der Waals surface area contributed by atoms with E-state index in [9.17, 15) is 14.4 Å². The summed E-state index contributed by atoms with van der Waals surface area (Å²) < 4.78 is 2.40. The molecule has 2 N–H and O–H groups in total. The molecular weight excluding hydrogens is 302 g/mol. The van der Waals surface area contributed by atoms with Gasteiger partial charge in [-0.3, -0.25) is 19.1 Å². The summed E-state index contributed by atoms with van der Waals surface area (Å²) in [6.45, 7) is 0.220. The Hall–Kier alpha value is -3.30. The van der Waals surface area contributed by atoms with Crippen molar-refractivity contribution in [3.05, 3.63) is 51.8 Å². The Kier molecular flexibility index (Phi) is 3.95. The number of nitrogens with one attached hydrogen (secondary N) is 2. The Bertz CT molecular complexity index is 942. The summed E-state index contributed by atoms with van der Waals surface area (Å²) in [4.78, 5) is 46.1. The Morgan fingerprint density at radius 1 is 1.35 bits per heavy atom. The Morgan fingerprint density at radius 2 is 2.22 bits per heavy atom. The van der Waals surface area contributed by atoms with Crippen LogP contribution in [0.4, 0.5) is 0 Å². The van der Waals surface area contributed by atoms with Crippen molar-refractivity contribution in [2.45, 2.75) is 13.1 Å². The number of aromatic amines is 1. The average Bonchev–Trinajstić information content (AvgIpc) is 3.03. The van der Waals surface area contributed by atoms with Crippen LogP contribution in [0.2, 0.25) is 0 Å². The first-order chi connectivity index (χ1) is 11.1. The number of nitrogens with zero attached hydrogens (tertiary/aromatic N) is 5. The van der Waals surface area contributed by atoms with Gasteiger partial charge < -0.3 is 5.32 Å². The third kappa shape index (κ3) is 3.15. The SMILES string of the molecule is O=C(Cn1cncn1)NCCn1c(=O)[nH]c2ncccc2c1=O. The zero-order chi connectivity index (χ0) is 16.2. The molecule has 23 heavy (non-hydrogen) atoms. The van der Waals surface area contributed by atoms with Crippen molar-refractivity contribution in [1.82, 2.24) is 34.6 Å². The van der Waals surface area contributed by atoms with Gasteiger partial charge in [-0.2, -0.15) is 5.10 Å². The van der Waals surface area contributed by atoms with Crippen molar-refractivity contribution >= 4 is 16.9 Å². The third-order valence-corrected chi connectivity index (χ3v) is 3.18. The van der Waals surface area contributed by atoms with Crippen LogP contribution < -0.4 is 16.6 Å². The summed E-state index contributed by atoms with van der Waals surface area (Å²) in [5.74, 6) is -0.289. The van der Waals surface area contributed by atoms with Crippen LogP contribution in [0, 0.1) is 0 Å². The van der Waals surface area contributed by atoms with Crippen LogP contribution in [0.5, 0.6) is 0 Å². The highest BCUT2D eigenvalue weighted by atomic mass is 16.2. The van der Waals surface area contributed by atoms with Gasteiger partial charge >= 0.3 is 5.69 Å². The first-order valence-corrected chi connectivity index (χ1v) is 6.82. The summed E-state index contributed by atoms with van der Waals surface area (Å²) in [6, 6.07) is 3.20. The highest BCUT2D eigenvalue weighted by Crippen LogP contribution is 1.98. The molecule has 3 rings (SSSR count). The lowest BCUT2D eigenvalue weighted by Crippen LogP contribution is -2.39. The molecule has 0 atom stereocenters. The van der Waals surface area contributed by atoms with Gasteiger partial charge in [-0.15, -0.1) is 0 Å². The van der Waals surface area contributed by atoms with Crippen LogP contribution >= 0.6 is 0 Å². The minimum absolute atomic E-state index is 0.0207. The second-order valence-corrected chi connectivity index (χ2v) is 4.73. The molecule has 3 heterocycles. The molecule has 1 amide bonds. The van der Waals surface area contributed by atoms with E-state index >= 15 is 0 Å². The summed E-state index contributed by atoms with van der Waals surface area (Å²) in [6.07, 6.45) is 4.24. The molecule has 0 aliphatic rings. The fourth-order valence-electron chi connectivity index (χ4n) is 2.11. The number of hydrogen-bond donors (Lipinski definition) is 2. The lowest BCUT2D eigenvalue weighted by molar-refractivity contribution is -0.121. The fourth-order valence-corrected chi connectivity index (χ4v) is 2.11. The molecule has 118 valence electrons. The largest absolute Gasteiger partial charge is 0.353 e. The molecule has 0 aliphatic heterocycles. The second kappa shape index (κ2) is 6.22. The summed E-state index contributed by atoms with van der Waals surface area (Å²) >= 11 is 0. The van der Waals surface area contributed by atoms with Crippen molar-refractivity contribution < 1.29 is 4.79 Å². The maximum Gasteiger partial charge on any atom is 0.330 e. The number of pyridine rings is 1. The zero-order valence-electron chi connectivity index (χ0n) is 12.0. The van der Waals surface area contributed by atoms with Gasteiger partial charge in [0.25, 0.3) is 5.56 Å². The van der Waals surface area contributed by atoms with Gasteiger partial charge in [0.15, 0.2) is 0 Å². The molecule has 10 nitrogen and oxygen atoms in total. The van der Waals surface area contributed by atoms with E-state index in [0.717, 1.165) is 4.57 Å². The van der Waals surface area contributed by atoms with Gasteiger partial charge in [-0.25, -0.2) is 19.4 Å². The highest BCUT2D eigenvalue weighted by Gasteiger charge is 2.08.